The molecule has 0 N–H and O–H groups in total. The third-order valence-electron chi connectivity index (χ3n) is 1.78. The van der Waals surface area contributed by atoms with Gasteiger partial charge >= 0.3 is 6.09 Å². The highest BCUT2D eigenvalue weighted by Gasteiger charge is 2.32. The fraction of sp³-hybridized carbons (Fsp3) is 0.571. The van der Waals surface area contributed by atoms with Crippen LogP contribution in [-0.4, -0.2) is 47.1 Å². The molecule has 6 heteroatoms. The lowest BCUT2D eigenvalue weighted by atomic mass is 10.5. The molecule has 1 aliphatic rings. The van der Waals surface area contributed by atoms with Gasteiger partial charge in [0.1, 0.15) is 0 Å². The molecule has 1 saturated heterocycles. The number of carbonyl (C=O) groups excluding carboxylic acids is 2. The summed E-state index contributed by atoms with van der Waals surface area (Å²) in [5, 5.41) is 0.222. The van der Waals surface area contributed by atoms with Crippen molar-refractivity contribution in [2.45, 2.75) is 6.92 Å². The van der Waals surface area contributed by atoms with E-state index in [9.17, 15) is 9.59 Å². The Morgan fingerprint density at radius 3 is 2.31 bits per heavy atom. The van der Waals surface area contributed by atoms with E-state index in [4.69, 9.17) is 12.2 Å². The highest BCUT2D eigenvalue weighted by atomic mass is 32.1. The number of ether oxygens (including phenoxy) is 1. The molecule has 72 valence electrons. The number of hydrogen-bond donors (Lipinski definition) is 0. The van der Waals surface area contributed by atoms with E-state index in [-0.39, 0.29) is 11.0 Å². The lowest BCUT2D eigenvalue weighted by Crippen LogP contribution is -2.37. The van der Waals surface area contributed by atoms with Crippen molar-refractivity contribution in [1.82, 2.24) is 9.80 Å². The summed E-state index contributed by atoms with van der Waals surface area (Å²) in [5.41, 5.74) is 0. The molecule has 0 aliphatic carbocycles. The van der Waals surface area contributed by atoms with Crippen molar-refractivity contribution in [1.29, 1.82) is 0 Å². The average Bonchev–Trinajstić information content (AvgIpc) is 2.46. The van der Waals surface area contributed by atoms with Crippen molar-refractivity contribution in [3.8, 4) is 0 Å². The van der Waals surface area contributed by atoms with Gasteiger partial charge in [-0.25, -0.2) is 4.79 Å². The van der Waals surface area contributed by atoms with E-state index in [1.165, 1.54) is 23.8 Å². The van der Waals surface area contributed by atoms with Gasteiger partial charge in [-0.3, -0.25) is 14.6 Å². The Balaban J connectivity index is 2.71. The minimum Gasteiger partial charge on any atom is -0.452 e. The van der Waals surface area contributed by atoms with Crippen LogP contribution in [0.15, 0.2) is 0 Å². The van der Waals surface area contributed by atoms with Crippen molar-refractivity contribution in [2.75, 3.05) is 20.2 Å². The van der Waals surface area contributed by atoms with Crippen LogP contribution in [0.5, 0.6) is 0 Å². The molecule has 0 atom stereocenters. The molecule has 0 saturated carbocycles. The van der Waals surface area contributed by atoms with E-state index in [1.807, 2.05) is 0 Å². The Labute approximate surface area is 81.2 Å². The van der Waals surface area contributed by atoms with E-state index in [0.29, 0.717) is 13.1 Å². The summed E-state index contributed by atoms with van der Waals surface area (Å²) in [6, 6.07) is 0. The van der Waals surface area contributed by atoms with E-state index in [1.54, 1.807) is 0 Å². The van der Waals surface area contributed by atoms with Crippen LogP contribution in [0, 0.1) is 0 Å². The third-order valence-corrected chi connectivity index (χ3v) is 2.22. The number of nitrogens with zero attached hydrogens (tertiary/aromatic N) is 2. The van der Waals surface area contributed by atoms with E-state index < -0.39 is 6.09 Å². The summed E-state index contributed by atoms with van der Waals surface area (Å²) in [7, 11) is 1.28. The Morgan fingerprint density at radius 2 is 1.92 bits per heavy atom. The summed E-state index contributed by atoms with van der Waals surface area (Å²) in [6.07, 6.45) is -0.520. The predicted molar refractivity (Wildman–Crippen MR) is 49.1 cm³/mol. The Kier molecular flexibility index (Phi) is 2.82. The third kappa shape index (κ3) is 1.77. The maximum absolute atomic E-state index is 11.1. The molecule has 0 radical (unpaired) electrons. The van der Waals surface area contributed by atoms with Crippen LogP contribution in [0.2, 0.25) is 0 Å². The van der Waals surface area contributed by atoms with Crippen LogP contribution in [0.4, 0.5) is 4.79 Å². The second-order valence-corrected chi connectivity index (χ2v) is 2.94. The van der Waals surface area contributed by atoms with Gasteiger partial charge < -0.3 is 4.74 Å². The molecule has 0 spiro atoms. The van der Waals surface area contributed by atoms with E-state index >= 15 is 0 Å². The minimum atomic E-state index is -0.520. The maximum Gasteiger partial charge on any atom is 0.415 e. The number of amides is 2. The van der Waals surface area contributed by atoms with Gasteiger partial charge in [-0.1, -0.05) is 0 Å². The fourth-order valence-corrected chi connectivity index (χ4v) is 1.49. The molecule has 0 aromatic carbocycles. The van der Waals surface area contributed by atoms with Gasteiger partial charge in [0.15, 0.2) is 5.11 Å². The van der Waals surface area contributed by atoms with Crippen molar-refractivity contribution in [2.24, 2.45) is 0 Å². The summed E-state index contributed by atoms with van der Waals surface area (Å²) in [4.78, 5) is 24.7. The second-order valence-electron chi connectivity index (χ2n) is 2.57. The topological polar surface area (TPSA) is 49.9 Å². The zero-order valence-corrected chi connectivity index (χ0v) is 8.26. The lowest BCUT2D eigenvalue weighted by molar-refractivity contribution is -0.124. The molecule has 1 aliphatic heterocycles. The normalized spacial score (nSPS) is 16.3. The fourth-order valence-electron chi connectivity index (χ4n) is 1.11. The molecule has 0 aromatic heterocycles. The standard InChI is InChI=1S/C7H10N2O3S/c1-5(10)8-3-4-9(6(8)13)7(11)12-2/h3-4H2,1-2H3. The van der Waals surface area contributed by atoms with Crippen LogP contribution in [0.25, 0.3) is 0 Å². The molecule has 5 nitrogen and oxygen atoms in total. The molecule has 1 fully saturated rings. The summed E-state index contributed by atoms with van der Waals surface area (Å²) in [5.74, 6) is -0.156. The maximum atomic E-state index is 11.1. The molecular formula is C7H10N2O3S. The average molecular weight is 202 g/mol. The minimum absolute atomic E-state index is 0.156. The number of rotatable bonds is 0. The first-order chi connectivity index (χ1) is 6.07. The molecule has 0 bridgehead atoms. The number of methoxy groups -OCH3 is 1. The van der Waals surface area contributed by atoms with Gasteiger partial charge in [-0.15, -0.1) is 0 Å². The van der Waals surface area contributed by atoms with Gasteiger partial charge in [0.05, 0.1) is 7.11 Å². The molecular weight excluding hydrogens is 192 g/mol. The molecule has 13 heavy (non-hydrogen) atoms. The number of hydrogen-bond acceptors (Lipinski definition) is 4. The summed E-state index contributed by atoms with van der Waals surface area (Å²) in [6.45, 7) is 2.27. The van der Waals surface area contributed by atoms with E-state index in [0.717, 1.165) is 0 Å². The van der Waals surface area contributed by atoms with Gasteiger partial charge in [-0.05, 0) is 12.2 Å². The molecule has 1 rings (SSSR count). The zero-order chi connectivity index (χ0) is 10.0. The number of carbonyl (C=O) groups is 2. The summed E-state index contributed by atoms with van der Waals surface area (Å²) >= 11 is 4.91. The zero-order valence-electron chi connectivity index (χ0n) is 7.44. The van der Waals surface area contributed by atoms with Crippen molar-refractivity contribution in [3.63, 3.8) is 0 Å². The van der Waals surface area contributed by atoms with Crippen molar-refractivity contribution in [3.05, 3.63) is 0 Å². The van der Waals surface area contributed by atoms with Gasteiger partial charge in [0.25, 0.3) is 0 Å². The second kappa shape index (κ2) is 3.69. The first-order valence-corrected chi connectivity index (χ1v) is 4.16. The first kappa shape index (κ1) is 9.91. The Bertz CT molecular complexity index is 266. The largest absolute Gasteiger partial charge is 0.452 e. The van der Waals surface area contributed by atoms with Gasteiger partial charge in [0.2, 0.25) is 5.91 Å². The van der Waals surface area contributed by atoms with Crippen molar-refractivity contribution < 1.29 is 14.3 Å². The monoisotopic (exact) mass is 202 g/mol. The van der Waals surface area contributed by atoms with Crippen LogP contribution in [-0.2, 0) is 9.53 Å². The molecule has 0 aromatic rings. The van der Waals surface area contributed by atoms with Crippen LogP contribution in [0.3, 0.4) is 0 Å². The quantitative estimate of drug-likeness (QED) is 0.527. The highest BCUT2D eigenvalue weighted by Crippen LogP contribution is 2.10. The van der Waals surface area contributed by atoms with E-state index in [2.05, 4.69) is 4.74 Å². The van der Waals surface area contributed by atoms with Crippen LogP contribution < -0.4 is 0 Å². The van der Waals surface area contributed by atoms with Crippen LogP contribution in [0.1, 0.15) is 6.92 Å². The first-order valence-electron chi connectivity index (χ1n) is 3.75. The smallest absolute Gasteiger partial charge is 0.415 e. The molecule has 2 amide bonds. The van der Waals surface area contributed by atoms with Gasteiger partial charge in [0, 0.05) is 20.0 Å². The Hall–Kier alpha value is -1.17. The molecule has 1 heterocycles. The van der Waals surface area contributed by atoms with Gasteiger partial charge in [-0.2, -0.15) is 0 Å². The van der Waals surface area contributed by atoms with Crippen molar-refractivity contribution >= 4 is 29.3 Å². The summed E-state index contributed by atoms with van der Waals surface area (Å²) < 4.78 is 4.49. The van der Waals surface area contributed by atoms with Crippen LogP contribution >= 0.6 is 12.2 Å². The molecule has 0 unspecified atom stereocenters. The number of thiocarbonyl (C=S) groups is 1. The SMILES string of the molecule is COC(=O)N1CCN(C(C)=O)C1=S. The Morgan fingerprint density at radius 1 is 1.38 bits per heavy atom. The lowest BCUT2D eigenvalue weighted by Gasteiger charge is -2.16. The highest BCUT2D eigenvalue weighted by molar-refractivity contribution is 7.80. The predicted octanol–water partition coefficient (Wildman–Crippen LogP) is 0.202.